The zero-order valence-electron chi connectivity index (χ0n) is 21.7. The summed E-state index contributed by atoms with van der Waals surface area (Å²) in [5, 5.41) is 24.5. The Kier molecular flexibility index (Phi) is 11.2. The van der Waals surface area contributed by atoms with E-state index in [1.165, 1.54) is 0 Å². The highest BCUT2D eigenvalue weighted by Crippen LogP contribution is 2.27. The van der Waals surface area contributed by atoms with Crippen LogP contribution in [0, 0.1) is 0 Å². The number of benzene rings is 2. The van der Waals surface area contributed by atoms with Crippen LogP contribution in [-0.2, 0) is 36.6 Å². The van der Waals surface area contributed by atoms with E-state index in [1.807, 2.05) is 54.6 Å². The molecule has 0 bridgehead atoms. The van der Waals surface area contributed by atoms with Crippen LogP contribution in [0.2, 0.25) is 0 Å². The number of nitrogens with one attached hydrogen (secondary N) is 2. The molecule has 10 nitrogen and oxygen atoms in total. The minimum atomic E-state index is -1.10. The molecule has 0 radical (unpaired) electrons. The highest BCUT2D eigenvalue weighted by molar-refractivity contribution is 5.91. The van der Waals surface area contributed by atoms with E-state index < -0.39 is 55.8 Å². The minimum Gasteiger partial charge on any atom is -0.465 e. The van der Waals surface area contributed by atoms with Gasteiger partial charge in [-0.3, -0.25) is 20.2 Å². The van der Waals surface area contributed by atoms with E-state index in [1.54, 1.807) is 13.8 Å². The van der Waals surface area contributed by atoms with Crippen molar-refractivity contribution in [3.8, 4) is 0 Å². The number of carbonyl (C=O) groups excluding carboxylic acids is 3. The van der Waals surface area contributed by atoms with Crippen LogP contribution in [0.3, 0.4) is 0 Å². The third-order valence-corrected chi connectivity index (χ3v) is 6.33. The van der Waals surface area contributed by atoms with Gasteiger partial charge in [-0.05, 0) is 43.4 Å². The van der Waals surface area contributed by atoms with Crippen molar-refractivity contribution in [2.24, 2.45) is 0 Å². The molecule has 206 valence electrons. The number of esters is 1. The second kappa shape index (κ2) is 14.6. The fraction of sp³-hybridized carbons (Fsp3) is 0.464. The van der Waals surface area contributed by atoms with E-state index in [9.17, 15) is 14.4 Å². The predicted molar refractivity (Wildman–Crippen MR) is 138 cm³/mol. The molecule has 0 saturated carbocycles. The Morgan fingerprint density at radius 1 is 1.05 bits per heavy atom. The standard InChI is InChI=1S/C28H36N2O8/c1-3-36-27(34)23(14-13-19-9-5-4-6-10-19)29-18(2)26(33)25-22-12-8-7-11-20(22)15-24(30-25)38-28(35)37-21(16-31)17-32/h4-12,18,21,23-25,29-32H,3,13-17H2,1-2H3/t18-,23-,24-,25?/m0/s1. The van der Waals surface area contributed by atoms with Gasteiger partial charge in [0, 0.05) is 6.42 Å². The molecule has 1 aliphatic heterocycles. The molecule has 0 aliphatic carbocycles. The van der Waals surface area contributed by atoms with E-state index in [2.05, 4.69) is 10.6 Å². The topological polar surface area (TPSA) is 143 Å². The van der Waals surface area contributed by atoms with Gasteiger partial charge in [0.05, 0.1) is 31.9 Å². The van der Waals surface area contributed by atoms with Gasteiger partial charge in [-0.25, -0.2) is 4.79 Å². The van der Waals surface area contributed by atoms with Crippen molar-refractivity contribution in [2.75, 3.05) is 19.8 Å². The Balaban J connectivity index is 1.71. The number of carbonyl (C=O) groups is 3. The zero-order valence-corrected chi connectivity index (χ0v) is 21.7. The second-order valence-corrected chi connectivity index (χ2v) is 9.08. The first-order valence-electron chi connectivity index (χ1n) is 12.8. The van der Waals surface area contributed by atoms with Crippen LogP contribution in [-0.4, -0.2) is 72.4 Å². The van der Waals surface area contributed by atoms with Crippen molar-refractivity contribution >= 4 is 17.9 Å². The third kappa shape index (κ3) is 8.09. The molecule has 1 heterocycles. The maximum absolute atomic E-state index is 13.6. The third-order valence-electron chi connectivity index (χ3n) is 6.33. The fourth-order valence-electron chi connectivity index (χ4n) is 4.36. The van der Waals surface area contributed by atoms with Gasteiger partial charge in [-0.15, -0.1) is 0 Å². The van der Waals surface area contributed by atoms with Gasteiger partial charge < -0.3 is 24.4 Å². The Labute approximate surface area is 222 Å². The van der Waals surface area contributed by atoms with Gasteiger partial charge in [0.1, 0.15) is 6.04 Å². The first kappa shape index (κ1) is 29.2. The molecule has 0 aromatic heterocycles. The van der Waals surface area contributed by atoms with Crippen molar-refractivity contribution in [2.45, 2.75) is 63.6 Å². The molecule has 0 amide bonds. The number of aliphatic hydroxyl groups excluding tert-OH is 2. The SMILES string of the molecule is CCOC(=O)[C@H](CCc1ccccc1)N[C@@H](C)C(=O)C1N[C@@H](OC(=O)OC(CO)CO)Cc2ccccc21. The van der Waals surface area contributed by atoms with Crippen molar-refractivity contribution in [1.29, 1.82) is 0 Å². The lowest BCUT2D eigenvalue weighted by molar-refractivity contribution is -0.146. The first-order valence-corrected chi connectivity index (χ1v) is 12.8. The summed E-state index contributed by atoms with van der Waals surface area (Å²) in [6.07, 6.45) is -1.68. The smallest absolute Gasteiger partial charge is 0.465 e. The maximum Gasteiger partial charge on any atom is 0.510 e. The number of hydrogen-bond donors (Lipinski definition) is 4. The van der Waals surface area contributed by atoms with Gasteiger partial charge in [-0.2, -0.15) is 0 Å². The molecule has 0 saturated heterocycles. The van der Waals surface area contributed by atoms with Gasteiger partial charge in [0.25, 0.3) is 0 Å². The van der Waals surface area contributed by atoms with E-state index in [-0.39, 0.29) is 12.4 Å². The molecule has 10 heteroatoms. The summed E-state index contributed by atoms with van der Waals surface area (Å²) in [5.74, 6) is -0.664. The van der Waals surface area contributed by atoms with Crippen LogP contribution >= 0.6 is 0 Å². The monoisotopic (exact) mass is 528 g/mol. The number of aryl methyl sites for hydroxylation is 1. The predicted octanol–water partition coefficient (Wildman–Crippen LogP) is 1.82. The van der Waals surface area contributed by atoms with E-state index in [0.717, 1.165) is 16.7 Å². The first-order chi connectivity index (χ1) is 18.4. The average molecular weight is 529 g/mol. The molecule has 0 spiro atoms. The number of aliphatic hydroxyl groups is 2. The summed E-state index contributed by atoms with van der Waals surface area (Å²) in [7, 11) is 0. The van der Waals surface area contributed by atoms with Crippen molar-refractivity contribution in [3.05, 3.63) is 71.3 Å². The van der Waals surface area contributed by atoms with Crippen LogP contribution in [0.25, 0.3) is 0 Å². The quantitative estimate of drug-likeness (QED) is 0.284. The van der Waals surface area contributed by atoms with Crippen LogP contribution in [0.15, 0.2) is 54.6 Å². The fourth-order valence-corrected chi connectivity index (χ4v) is 4.36. The second-order valence-electron chi connectivity index (χ2n) is 9.08. The highest BCUT2D eigenvalue weighted by Gasteiger charge is 2.36. The number of fused-ring (bicyclic) bond motifs is 1. The molecule has 4 N–H and O–H groups in total. The zero-order chi connectivity index (χ0) is 27.5. The number of Topliss-reactive ketones (excluding diaryl/α,β-unsaturated/α-hetero) is 1. The highest BCUT2D eigenvalue weighted by atomic mass is 16.7. The summed E-state index contributed by atoms with van der Waals surface area (Å²) in [4.78, 5) is 38.5. The molecule has 2 aromatic carbocycles. The minimum absolute atomic E-state index is 0.227. The van der Waals surface area contributed by atoms with Crippen LogP contribution < -0.4 is 10.6 Å². The average Bonchev–Trinajstić information content (AvgIpc) is 2.93. The largest absolute Gasteiger partial charge is 0.510 e. The lowest BCUT2D eigenvalue weighted by Gasteiger charge is -2.33. The molecular formula is C28H36N2O8. The molecule has 1 aliphatic rings. The number of ketones is 1. The van der Waals surface area contributed by atoms with Crippen LogP contribution in [0.1, 0.15) is 43.0 Å². The molecular weight excluding hydrogens is 492 g/mol. The normalized spacial score (nSPS) is 18.2. The summed E-state index contributed by atoms with van der Waals surface area (Å²) < 4.78 is 15.5. The summed E-state index contributed by atoms with van der Waals surface area (Å²) >= 11 is 0. The van der Waals surface area contributed by atoms with Crippen molar-refractivity contribution in [1.82, 2.24) is 10.6 Å². The van der Waals surface area contributed by atoms with Crippen LogP contribution in [0.4, 0.5) is 4.79 Å². The summed E-state index contributed by atoms with van der Waals surface area (Å²) in [5.41, 5.74) is 2.64. The molecule has 4 atom stereocenters. The number of hydrogen-bond acceptors (Lipinski definition) is 10. The Morgan fingerprint density at radius 3 is 2.42 bits per heavy atom. The molecule has 1 unspecified atom stereocenters. The Bertz CT molecular complexity index is 1060. The molecule has 0 fully saturated rings. The summed E-state index contributed by atoms with van der Waals surface area (Å²) in [6.45, 7) is 2.54. The lowest BCUT2D eigenvalue weighted by Crippen LogP contribution is -2.52. The molecule has 38 heavy (non-hydrogen) atoms. The van der Waals surface area contributed by atoms with Gasteiger partial charge in [0.15, 0.2) is 18.1 Å². The molecule has 2 aromatic rings. The number of ether oxygens (including phenoxy) is 3. The van der Waals surface area contributed by atoms with E-state index in [4.69, 9.17) is 24.4 Å². The maximum atomic E-state index is 13.6. The van der Waals surface area contributed by atoms with Gasteiger partial charge >= 0.3 is 12.1 Å². The number of rotatable bonds is 13. The van der Waals surface area contributed by atoms with Crippen molar-refractivity contribution in [3.63, 3.8) is 0 Å². The van der Waals surface area contributed by atoms with Gasteiger partial charge in [0.2, 0.25) is 0 Å². The summed E-state index contributed by atoms with van der Waals surface area (Å²) in [6, 6.07) is 14.8. The lowest BCUT2D eigenvalue weighted by atomic mass is 9.89. The van der Waals surface area contributed by atoms with E-state index >= 15 is 0 Å². The van der Waals surface area contributed by atoms with Crippen molar-refractivity contribution < 1.29 is 38.8 Å². The van der Waals surface area contributed by atoms with Crippen LogP contribution in [0.5, 0.6) is 0 Å². The Morgan fingerprint density at radius 2 is 1.74 bits per heavy atom. The Hall–Kier alpha value is -3.31. The van der Waals surface area contributed by atoms with Gasteiger partial charge in [-0.1, -0.05) is 54.6 Å². The molecule has 3 rings (SSSR count). The van der Waals surface area contributed by atoms with E-state index in [0.29, 0.717) is 19.3 Å².